The summed E-state index contributed by atoms with van der Waals surface area (Å²) < 4.78 is 10.7. The third kappa shape index (κ3) is 4.70. The van der Waals surface area contributed by atoms with Crippen molar-refractivity contribution in [3.8, 4) is 16.9 Å². The Morgan fingerprint density at radius 2 is 1.88 bits per heavy atom. The van der Waals surface area contributed by atoms with Crippen LogP contribution in [0.1, 0.15) is 18.1 Å². The summed E-state index contributed by atoms with van der Waals surface area (Å²) in [4.78, 5) is 11.6. The SMILES string of the molecule is C=C(C)C(=O)OCc1cc(C)ccc1-c1ccc(OCCO)cc1. The highest BCUT2D eigenvalue weighted by molar-refractivity contribution is 5.87. The van der Waals surface area contributed by atoms with Crippen LogP contribution in [0, 0.1) is 6.92 Å². The third-order valence-corrected chi connectivity index (χ3v) is 3.49. The maximum absolute atomic E-state index is 11.6. The molecule has 0 aliphatic heterocycles. The van der Waals surface area contributed by atoms with Gasteiger partial charge in [-0.3, -0.25) is 0 Å². The number of aliphatic hydroxyl groups is 1. The second kappa shape index (κ2) is 8.31. The Kier molecular flexibility index (Phi) is 6.15. The quantitative estimate of drug-likeness (QED) is 0.623. The van der Waals surface area contributed by atoms with Crippen molar-refractivity contribution in [2.24, 2.45) is 0 Å². The summed E-state index contributed by atoms with van der Waals surface area (Å²) in [7, 11) is 0. The van der Waals surface area contributed by atoms with E-state index in [1.807, 2.05) is 49.4 Å². The van der Waals surface area contributed by atoms with E-state index >= 15 is 0 Å². The molecule has 126 valence electrons. The second-order valence-electron chi connectivity index (χ2n) is 5.61. The maximum Gasteiger partial charge on any atom is 0.333 e. The molecule has 0 aliphatic rings. The number of rotatable bonds is 7. The van der Waals surface area contributed by atoms with Gasteiger partial charge >= 0.3 is 5.97 Å². The van der Waals surface area contributed by atoms with Crippen molar-refractivity contribution < 1.29 is 19.4 Å². The largest absolute Gasteiger partial charge is 0.491 e. The average Bonchev–Trinajstić information content (AvgIpc) is 2.58. The number of hydrogen-bond donors (Lipinski definition) is 1. The van der Waals surface area contributed by atoms with Crippen LogP contribution in [0.4, 0.5) is 0 Å². The van der Waals surface area contributed by atoms with Crippen molar-refractivity contribution in [3.63, 3.8) is 0 Å². The van der Waals surface area contributed by atoms with Crippen molar-refractivity contribution in [3.05, 3.63) is 65.7 Å². The van der Waals surface area contributed by atoms with E-state index in [1.54, 1.807) is 6.92 Å². The topological polar surface area (TPSA) is 55.8 Å². The predicted octanol–water partition coefficient (Wildman–Crippen LogP) is 3.65. The zero-order valence-corrected chi connectivity index (χ0v) is 14.0. The molecule has 0 saturated heterocycles. The molecule has 0 amide bonds. The molecular weight excluding hydrogens is 304 g/mol. The van der Waals surface area contributed by atoms with Gasteiger partial charge in [0.05, 0.1) is 6.61 Å². The van der Waals surface area contributed by atoms with Gasteiger partial charge in [0.15, 0.2) is 0 Å². The van der Waals surface area contributed by atoms with E-state index in [0.29, 0.717) is 11.3 Å². The van der Waals surface area contributed by atoms with E-state index in [1.165, 1.54) is 0 Å². The molecule has 1 N–H and O–H groups in total. The molecule has 0 aliphatic carbocycles. The van der Waals surface area contributed by atoms with Crippen molar-refractivity contribution in [2.75, 3.05) is 13.2 Å². The Morgan fingerprint density at radius 1 is 1.17 bits per heavy atom. The van der Waals surface area contributed by atoms with Crippen LogP contribution in [-0.4, -0.2) is 24.3 Å². The van der Waals surface area contributed by atoms with Gasteiger partial charge < -0.3 is 14.6 Å². The Balaban J connectivity index is 2.22. The first-order valence-electron chi connectivity index (χ1n) is 7.77. The minimum absolute atomic E-state index is 0.0159. The predicted molar refractivity (Wildman–Crippen MR) is 93.8 cm³/mol. The van der Waals surface area contributed by atoms with E-state index < -0.39 is 5.97 Å². The molecule has 0 bridgehead atoms. The van der Waals surface area contributed by atoms with E-state index in [-0.39, 0.29) is 19.8 Å². The van der Waals surface area contributed by atoms with Gasteiger partial charge in [-0.1, -0.05) is 42.5 Å². The lowest BCUT2D eigenvalue weighted by Gasteiger charge is -2.12. The van der Waals surface area contributed by atoms with Crippen molar-refractivity contribution in [1.82, 2.24) is 0 Å². The summed E-state index contributed by atoms with van der Waals surface area (Å²) in [5.74, 6) is 0.311. The summed E-state index contributed by atoms with van der Waals surface area (Å²) in [6, 6.07) is 13.7. The Bertz CT molecular complexity index is 717. The molecule has 2 aromatic rings. The number of aryl methyl sites for hydroxylation is 1. The molecule has 0 aromatic heterocycles. The van der Waals surface area contributed by atoms with Crippen molar-refractivity contribution >= 4 is 5.97 Å². The van der Waals surface area contributed by atoms with E-state index in [9.17, 15) is 4.79 Å². The van der Waals surface area contributed by atoms with Crippen LogP contribution in [0.25, 0.3) is 11.1 Å². The van der Waals surface area contributed by atoms with Crippen LogP contribution < -0.4 is 4.74 Å². The van der Waals surface area contributed by atoms with Gasteiger partial charge in [-0.15, -0.1) is 0 Å². The van der Waals surface area contributed by atoms with Crippen LogP contribution in [-0.2, 0) is 16.1 Å². The smallest absolute Gasteiger partial charge is 0.333 e. The molecule has 0 spiro atoms. The van der Waals surface area contributed by atoms with Gasteiger partial charge in [0.2, 0.25) is 0 Å². The molecule has 0 atom stereocenters. The number of carbonyl (C=O) groups is 1. The molecule has 4 nitrogen and oxygen atoms in total. The van der Waals surface area contributed by atoms with E-state index in [4.69, 9.17) is 14.6 Å². The monoisotopic (exact) mass is 326 g/mol. The third-order valence-electron chi connectivity index (χ3n) is 3.49. The maximum atomic E-state index is 11.6. The molecule has 2 rings (SSSR count). The van der Waals surface area contributed by atoms with Gasteiger partial charge in [-0.25, -0.2) is 4.79 Å². The summed E-state index contributed by atoms with van der Waals surface area (Å²) in [6.07, 6.45) is 0. The van der Waals surface area contributed by atoms with Crippen molar-refractivity contribution in [2.45, 2.75) is 20.5 Å². The van der Waals surface area contributed by atoms with Crippen LogP contribution in [0.5, 0.6) is 5.75 Å². The average molecular weight is 326 g/mol. The second-order valence-corrected chi connectivity index (χ2v) is 5.61. The molecule has 0 fully saturated rings. The zero-order chi connectivity index (χ0) is 17.5. The highest BCUT2D eigenvalue weighted by Gasteiger charge is 2.09. The minimum atomic E-state index is -0.393. The van der Waals surface area contributed by atoms with Crippen LogP contribution >= 0.6 is 0 Å². The molecule has 4 heteroatoms. The Hall–Kier alpha value is -2.59. The van der Waals surface area contributed by atoms with E-state index in [2.05, 4.69) is 6.58 Å². The summed E-state index contributed by atoms with van der Waals surface area (Å²) in [5, 5.41) is 8.79. The molecule has 0 radical (unpaired) electrons. The fraction of sp³-hybridized carbons (Fsp3) is 0.250. The van der Waals surface area contributed by atoms with Gasteiger partial charge in [0.1, 0.15) is 19.0 Å². The van der Waals surface area contributed by atoms with Gasteiger partial charge in [0, 0.05) is 5.57 Å². The highest BCUT2D eigenvalue weighted by atomic mass is 16.5. The molecule has 0 saturated carbocycles. The first kappa shape index (κ1) is 17.8. The highest BCUT2D eigenvalue weighted by Crippen LogP contribution is 2.27. The fourth-order valence-electron chi connectivity index (χ4n) is 2.28. The first-order chi connectivity index (χ1) is 11.5. The molecular formula is C20H22O4. The standard InChI is InChI=1S/C20H22O4/c1-14(2)20(22)24-13-17-12-15(3)4-9-19(17)16-5-7-18(8-6-16)23-11-10-21/h4-9,12,21H,1,10-11,13H2,2-3H3. The van der Waals surface area contributed by atoms with E-state index in [0.717, 1.165) is 22.3 Å². The molecule has 0 unspecified atom stereocenters. The summed E-state index contributed by atoms with van der Waals surface area (Å²) in [6.45, 7) is 7.68. The minimum Gasteiger partial charge on any atom is -0.491 e. The fourth-order valence-corrected chi connectivity index (χ4v) is 2.28. The number of ether oxygens (including phenoxy) is 2. The van der Waals surface area contributed by atoms with Gasteiger partial charge in [-0.2, -0.15) is 0 Å². The summed E-state index contributed by atoms with van der Waals surface area (Å²) in [5.41, 5.74) is 4.43. The lowest BCUT2D eigenvalue weighted by Crippen LogP contribution is -2.06. The molecule has 0 heterocycles. The number of aliphatic hydroxyl groups excluding tert-OH is 1. The molecule has 24 heavy (non-hydrogen) atoms. The van der Waals surface area contributed by atoms with Crippen LogP contribution in [0.15, 0.2) is 54.6 Å². The normalized spacial score (nSPS) is 10.3. The van der Waals surface area contributed by atoms with Gasteiger partial charge in [-0.05, 0) is 42.7 Å². The number of hydrogen-bond acceptors (Lipinski definition) is 4. The number of carbonyl (C=O) groups excluding carboxylic acids is 1. The summed E-state index contributed by atoms with van der Waals surface area (Å²) >= 11 is 0. The number of esters is 1. The van der Waals surface area contributed by atoms with Crippen molar-refractivity contribution in [1.29, 1.82) is 0 Å². The van der Waals surface area contributed by atoms with Gasteiger partial charge in [0.25, 0.3) is 0 Å². The Morgan fingerprint density at radius 3 is 2.50 bits per heavy atom. The number of benzene rings is 2. The van der Waals surface area contributed by atoms with Crippen LogP contribution in [0.2, 0.25) is 0 Å². The molecule has 2 aromatic carbocycles. The first-order valence-corrected chi connectivity index (χ1v) is 7.77. The van der Waals surface area contributed by atoms with Crippen LogP contribution in [0.3, 0.4) is 0 Å². The lowest BCUT2D eigenvalue weighted by molar-refractivity contribution is -0.140. The lowest BCUT2D eigenvalue weighted by atomic mass is 9.98. The zero-order valence-electron chi connectivity index (χ0n) is 14.0. The Labute approximate surface area is 142 Å².